The average molecular weight is 316 g/mol. The van der Waals surface area contributed by atoms with Crippen LogP contribution in [0.4, 0.5) is 0 Å². The third-order valence-corrected chi connectivity index (χ3v) is 4.29. The number of H-pyrrole nitrogens is 1. The Bertz CT molecular complexity index is 987. The van der Waals surface area contributed by atoms with Crippen molar-refractivity contribution >= 4 is 21.8 Å². The molecule has 0 spiro atoms. The summed E-state index contributed by atoms with van der Waals surface area (Å²) in [6.45, 7) is 2.93. The van der Waals surface area contributed by atoms with Gasteiger partial charge in [0.2, 0.25) is 0 Å². The van der Waals surface area contributed by atoms with Crippen molar-refractivity contribution in [3.63, 3.8) is 0 Å². The lowest BCUT2D eigenvalue weighted by molar-refractivity contribution is 0.310. The number of rotatable bonds is 5. The molecule has 0 radical (unpaired) electrons. The standard InChI is InChI=1S/C21H20N2O/c1-2-3-12-24-16-9-10-17-18(14-22-21(17)13-16)20-11-8-15-6-4-5-7-19(15)23-20/h4-11,13-14,22H,2-3,12H2,1H3. The average Bonchev–Trinajstić information content (AvgIpc) is 3.05. The Balaban J connectivity index is 1.70. The maximum Gasteiger partial charge on any atom is 0.121 e. The first-order valence-electron chi connectivity index (χ1n) is 8.45. The van der Waals surface area contributed by atoms with Crippen LogP contribution in [0.25, 0.3) is 33.1 Å². The molecular weight excluding hydrogens is 296 g/mol. The normalized spacial score (nSPS) is 11.2. The fraction of sp³-hybridized carbons (Fsp3) is 0.190. The SMILES string of the molecule is CCCCOc1ccc2c(-c3ccc4ccccc4n3)c[nH]c2c1. The Hall–Kier alpha value is -2.81. The highest BCUT2D eigenvalue weighted by Gasteiger charge is 2.09. The number of benzene rings is 2. The van der Waals surface area contributed by atoms with Gasteiger partial charge in [-0.1, -0.05) is 37.6 Å². The molecule has 2 aromatic carbocycles. The number of hydrogen-bond donors (Lipinski definition) is 1. The summed E-state index contributed by atoms with van der Waals surface area (Å²) in [4.78, 5) is 8.15. The van der Waals surface area contributed by atoms with Crippen LogP contribution in [0.5, 0.6) is 5.75 Å². The van der Waals surface area contributed by atoms with Gasteiger partial charge >= 0.3 is 0 Å². The number of para-hydroxylation sites is 1. The van der Waals surface area contributed by atoms with E-state index in [0.717, 1.165) is 52.9 Å². The van der Waals surface area contributed by atoms with Crippen LogP contribution in [-0.4, -0.2) is 16.6 Å². The van der Waals surface area contributed by atoms with Crippen molar-refractivity contribution in [1.82, 2.24) is 9.97 Å². The molecule has 0 aliphatic heterocycles. The van der Waals surface area contributed by atoms with Crippen LogP contribution in [0.3, 0.4) is 0 Å². The summed E-state index contributed by atoms with van der Waals surface area (Å²) in [5.41, 5.74) is 4.20. The van der Waals surface area contributed by atoms with Crippen molar-refractivity contribution in [3.8, 4) is 17.0 Å². The Morgan fingerprint density at radius 3 is 2.88 bits per heavy atom. The molecule has 0 aliphatic rings. The van der Waals surface area contributed by atoms with Gasteiger partial charge in [0.1, 0.15) is 5.75 Å². The second-order valence-corrected chi connectivity index (χ2v) is 6.00. The van der Waals surface area contributed by atoms with Crippen molar-refractivity contribution in [2.45, 2.75) is 19.8 Å². The van der Waals surface area contributed by atoms with E-state index in [2.05, 4.69) is 42.2 Å². The number of aromatic nitrogens is 2. The van der Waals surface area contributed by atoms with Gasteiger partial charge < -0.3 is 9.72 Å². The van der Waals surface area contributed by atoms with E-state index in [0.29, 0.717) is 0 Å². The second-order valence-electron chi connectivity index (χ2n) is 6.00. The molecule has 1 N–H and O–H groups in total. The van der Waals surface area contributed by atoms with E-state index >= 15 is 0 Å². The zero-order chi connectivity index (χ0) is 16.4. The van der Waals surface area contributed by atoms with Gasteiger partial charge in [-0.25, -0.2) is 4.98 Å². The van der Waals surface area contributed by atoms with Crippen molar-refractivity contribution in [1.29, 1.82) is 0 Å². The topological polar surface area (TPSA) is 37.9 Å². The number of pyridine rings is 1. The van der Waals surface area contributed by atoms with Gasteiger partial charge in [-0.15, -0.1) is 0 Å². The summed E-state index contributed by atoms with van der Waals surface area (Å²) in [5, 5.41) is 2.33. The molecule has 3 nitrogen and oxygen atoms in total. The quantitative estimate of drug-likeness (QED) is 0.489. The Kier molecular flexibility index (Phi) is 3.91. The number of fused-ring (bicyclic) bond motifs is 2. The maximum atomic E-state index is 5.79. The Labute approximate surface area is 141 Å². The summed E-state index contributed by atoms with van der Waals surface area (Å²) >= 11 is 0. The molecule has 0 aliphatic carbocycles. The summed E-state index contributed by atoms with van der Waals surface area (Å²) in [6.07, 6.45) is 4.25. The Morgan fingerprint density at radius 2 is 1.96 bits per heavy atom. The second kappa shape index (κ2) is 6.36. The molecule has 4 aromatic rings. The highest BCUT2D eigenvalue weighted by molar-refractivity contribution is 5.96. The molecule has 24 heavy (non-hydrogen) atoms. The molecule has 0 unspecified atom stereocenters. The molecule has 0 fully saturated rings. The predicted octanol–water partition coefficient (Wildman–Crippen LogP) is 5.56. The van der Waals surface area contributed by atoms with Gasteiger partial charge in [-0.3, -0.25) is 0 Å². The largest absolute Gasteiger partial charge is 0.494 e. The highest BCUT2D eigenvalue weighted by atomic mass is 16.5. The van der Waals surface area contributed by atoms with Crippen LogP contribution in [0.15, 0.2) is 60.8 Å². The molecule has 120 valence electrons. The number of nitrogens with zero attached hydrogens (tertiary/aromatic N) is 1. The molecule has 0 saturated heterocycles. The van der Waals surface area contributed by atoms with E-state index in [-0.39, 0.29) is 0 Å². The van der Waals surface area contributed by atoms with Crippen LogP contribution >= 0.6 is 0 Å². The molecule has 4 rings (SSSR count). The van der Waals surface area contributed by atoms with E-state index in [4.69, 9.17) is 9.72 Å². The van der Waals surface area contributed by atoms with Gasteiger partial charge in [0.05, 0.1) is 17.8 Å². The molecular formula is C21H20N2O. The van der Waals surface area contributed by atoms with Crippen LogP contribution < -0.4 is 4.74 Å². The van der Waals surface area contributed by atoms with Gasteiger partial charge in [0.25, 0.3) is 0 Å². The number of hydrogen-bond acceptors (Lipinski definition) is 2. The van der Waals surface area contributed by atoms with Crippen molar-refractivity contribution in [2.75, 3.05) is 6.61 Å². The van der Waals surface area contributed by atoms with Gasteiger partial charge in [-0.2, -0.15) is 0 Å². The van der Waals surface area contributed by atoms with Crippen molar-refractivity contribution < 1.29 is 4.74 Å². The minimum atomic E-state index is 0.766. The molecule has 0 saturated carbocycles. The molecule has 3 heteroatoms. The van der Waals surface area contributed by atoms with Crippen molar-refractivity contribution in [3.05, 3.63) is 60.8 Å². The summed E-state index contributed by atoms with van der Waals surface area (Å²) in [7, 11) is 0. The number of aromatic amines is 1. The number of ether oxygens (including phenoxy) is 1. The minimum Gasteiger partial charge on any atom is -0.494 e. The van der Waals surface area contributed by atoms with E-state index in [1.165, 1.54) is 5.39 Å². The lowest BCUT2D eigenvalue weighted by Crippen LogP contribution is -1.95. The van der Waals surface area contributed by atoms with Crippen LogP contribution in [-0.2, 0) is 0 Å². The van der Waals surface area contributed by atoms with Crippen LogP contribution in [0, 0.1) is 0 Å². The summed E-state index contributed by atoms with van der Waals surface area (Å²) in [5.74, 6) is 0.913. The first-order chi connectivity index (χ1) is 11.8. The first-order valence-corrected chi connectivity index (χ1v) is 8.45. The Morgan fingerprint density at radius 1 is 1.04 bits per heavy atom. The fourth-order valence-corrected chi connectivity index (χ4v) is 2.96. The van der Waals surface area contributed by atoms with Gasteiger partial charge in [0.15, 0.2) is 0 Å². The van der Waals surface area contributed by atoms with E-state index in [9.17, 15) is 0 Å². The smallest absolute Gasteiger partial charge is 0.121 e. The lowest BCUT2D eigenvalue weighted by atomic mass is 10.1. The third kappa shape index (κ3) is 2.73. The van der Waals surface area contributed by atoms with E-state index in [1.54, 1.807) is 0 Å². The first kappa shape index (κ1) is 14.8. The zero-order valence-electron chi connectivity index (χ0n) is 13.8. The van der Waals surface area contributed by atoms with Crippen LogP contribution in [0.1, 0.15) is 19.8 Å². The van der Waals surface area contributed by atoms with Gasteiger partial charge in [0, 0.05) is 34.1 Å². The highest BCUT2D eigenvalue weighted by Crippen LogP contribution is 2.30. The van der Waals surface area contributed by atoms with Crippen molar-refractivity contribution in [2.24, 2.45) is 0 Å². The van der Waals surface area contributed by atoms with Crippen LogP contribution in [0.2, 0.25) is 0 Å². The minimum absolute atomic E-state index is 0.766. The third-order valence-electron chi connectivity index (χ3n) is 4.29. The number of unbranched alkanes of at least 4 members (excludes halogenated alkanes) is 1. The summed E-state index contributed by atoms with van der Waals surface area (Å²) in [6, 6.07) is 18.6. The van der Waals surface area contributed by atoms with Gasteiger partial charge in [-0.05, 0) is 30.7 Å². The molecule has 0 bridgehead atoms. The number of nitrogens with one attached hydrogen (secondary N) is 1. The zero-order valence-corrected chi connectivity index (χ0v) is 13.8. The molecule has 0 amide bonds. The molecule has 2 aromatic heterocycles. The molecule has 2 heterocycles. The maximum absolute atomic E-state index is 5.79. The van der Waals surface area contributed by atoms with E-state index < -0.39 is 0 Å². The lowest BCUT2D eigenvalue weighted by Gasteiger charge is -2.06. The summed E-state index contributed by atoms with van der Waals surface area (Å²) < 4.78 is 5.79. The fourth-order valence-electron chi connectivity index (χ4n) is 2.96. The monoisotopic (exact) mass is 316 g/mol. The molecule has 0 atom stereocenters. The predicted molar refractivity (Wildman–Crippen MR) is 99.4 cm³/mol. The van der Waals surface area contributed by atoms with E-state index in [1.807, 2.05) is 30.5 Å².